The van der Waals surface area contributed by atoms with E-state index in [0.717, 1.165) is 10.0 Å². The summed E-state index contributed by atoms with van der Waals surface area (Å²) < 4.78 is 0. The van der Waals surface area contributed by atoms with Crippen molar-refractivity contribution in [1.82, 2.24) is 4.98 Å². The Kier molecular flexibility index (Phi) is 3.50. The minimum atomic E-state index is -0.399. The maximum absolute atomic E-state index is 9.52. The van der Waals surface area contributed by atoms with Crippen LogP contribution >= 0.6 is 11.3 Å². The van der Waals surface area contributed by atoms with Gasteiger partial charge in [0.25, 0.3) is 0 Å². The highest BCUT2D eigenvalue weighted by Gasteiger charge is 2.31. The van der Waals surface area contributed by atoms with Crippen molar-refractivity contribution in [2.24, 2.45) is 0 Å². The summed E-state index contributed by atoms with van der Waals surface area (Å²) in [5, 5.41) is 10.6. The molecule has 1 N–H and O–H groups in total. The van der Waals surface area contributed by atoms with Crippen LogP contribution in [0, 0.1) is 0 Å². The average Bonchev–Trinajstić information content (AvgIpc) is 2.83. The first kappa shape index (κ1) is 11.9. The van der Waals surface area contributed by atoms with Crippen LogP contribution in [0.4, 0.5) is 5.13 Å². The summed E-state index contributed by atoms with van der Waals surface area (Å²) in [5.74, 6) is 0. The molecule has 0 aromatic carbocycles. The molecule has 1 aliphatic rings. The summed E-state index contributed by atoms with van der Waals surface area (Å²) in [7, 11) is 0. The highest BCUT2D eigenvalue weighted by molar-refractivity contribution is 7.15. The lowest BCUT2D eigenvalue weighted by Gasteiger charge is -2.27. The van der Waals surface area contributed by atoms with E-state index in [0.29, 0.717) is 12.1 Å². The van der Waals surface area contributed by atoms with Crippen LogP contribution < -0.4 is 4.90 Å². The third kappa shape index (κ3) is 2.09. The Labute approximate surface area is 101 Å². The van der Waals surface area contributed by atoms with Crippen molar-refractivity contribution in [2.75, 3.05) is 4.90 Å². The van der Waals surface area contributed by atoms with E-state index in [9.17, 15) is 5.11 Å². The van der Waals surface area contributed by atoms with Crippen molar-refractivity contribution in [3.05, 3.63) is 11.1 Å². The quantitative estimate of drug-likeness (QED) is 0.882. The third-order valence-electron chi connectivity index (χ3n) is 3.40. The van der Waals surface area contributed by atoms with Gasteiger partial charge in [0.1, 0.15) is 0 Å². The van der Waals surface area contributed by atoms with Crippen LogP contribution in [0.5, 0.6) is 0 Å². The van der Waals surface area contributed by atoms with E-state index in [1.165, 1.54) is 19.3 Å². The summed E-state index contributed by atoms with van der Waals surface area (Å²) in [5.41, 5.74) is 0. The molecule has 0 amide bonds. The van der Waals surface area contributed by atoms with Crippen LogP contribution in [0.2, 0.25) is 0 Å². The standard InChI is InChI=1S/C12H20N2OS/c1-4-10-6-5-8(2)14(10)12-13-7-11(16-12)9(3)15/h7-10,15H,4-6H2,1-3H3. The normalized spacial score (nSPS) is 27.4. The zero-order chi connectivity index (χ0) is 11.7. The fourth-order valence-electron chi connectivity index (χ4n) is 2.41. The molecular formula is C12H20N2OS. The van der Waals surface area contributed by atoms with Gasteiger partial charge >= 0.3 is 0 Å². The van der Waals surface area contributed by atoms with Gasteiger partial charge in [-0.25, -0.2) is 4.98 Å². The second-order valence-corrected chi connectivity index (χ2v) is 5.66. The van der Waals surface area contributed by atoms with Crippen LogP contribution in [0.25, 0.3) is 0 Å². The molecule has 1 saturated heterocycles. The molecule has 0 saturated carbocycles. The second kappa shape index (κ2) is 4.72. The van der Waals surface area contributed by atoms with Gasteiger partial charge in [-0.3, -0.25) is 0 Å². The van der Waals surface area contributed by atoms with E-state index in [2.05, 4.69) is 23.7 Å². The number of rotatable bonds is 3. The molecule has 2 rings (SSSR count). The molecule has 3 atom stereocenters. The molecule has 90 valence electrons. The Bertz CT molecular complexity index is 351. The van der Waals surface area contributed by atoms with Gasteiger partial charge in [0.05, 0.1) is 11.0 Å². The number of aliphatic hydroxyl groups is 1. The lowest BCUT2D eigenvalue weighted by molar-refractivity contribution is 0.203. The molecule has 0 aliphatic carbocycles. The Hall–Kier alpha value is -0.610. The van der Waals surface area contributed by atoms with Gasteiger partial charge in [-0.2, -0.15) is 0 Å². The fraction of sp³-hybridized carbons (Fsp3) is 0.750. The molecule has 16 heavy (non-hydrogen) atoms. The van der Waals surface area contributed by atoms with E-state index in [1.807, 2.05) is 6.20 Å². The van der Waals surface area contributed by atoms with Crippen LogP contribution in [-0.2, 0) is 0 Å². The first-order chi connectivity index (χ1) is 7.63. The van der Waals surface area contributed by atoms with Crippen molar-refractivity contribution in [3.63, 3.8) is 0 Å². The Morgan fingerprint density at radius 2 is 2.38 bits per heavy atom. The molecule has 1 aromatic rings. The zero-order valence-electron chi connectivity index (χ0n) is 10.2. The van der Waals surface area contributed by atoms with Gasteiger partial charge in [-0.1, -0.05) is 18.3 Å². The molecule has 0 spiro atoms. The minimum absolute atomic E-state index is 0.399. The molecule has 4 heteroatoms. The van der Waals surface area contributed by atoms with E-state index >= 15 is 0 Å². The number of thiazole rings is 1. The maximum Gasteiger partial charge on any atom is 0.186 e. The number of aliphatic hydroxyl groups excluding tert-OH is 1. The second-order valence-electron chi connectivity index (χ2n) is 4.62. The lowest BCUT2D eigenvalue weighted by Crippen LogP contribution is -2.33. The molecule has 2 heterocycles. The third-order valence-corrected chi connectivity index (χ3v) is 4.58. The fourth-order valence-corrected chi connectivity index (χ4v) is 3.43. The van der Waals surface area contributed by atoms with Crippen LogP contribution in [0.15, 0.2) is 6.20 Å². The molecular weight excluding hydrogens is 220 g/mol. The van der Waals surface area contributed by atoms with Crippen molar-refractivity contribution in [1.29, 1.82) is 0 Å². The molecule has 1 fully saturated rings. The summed E-state index contributed by atoms with van der Waals surface area (Å²) >= 11 is 1.63. The SMILES string of the molecule is CCC1CCC(C)N1c1ncc(C(C)O)s1. The van der Waals surface area contributed by atoms with E-state index in [4.69, 9.17) is 0 Å². The molecule has 1 aromatic heterocycles. The number of hydrogen-bond donors (Lipinski definition) is 1. The first-order valence-electron chi connectivity index (χ1n) is 6.05. The van der Waals surface area contributed by atoms with E-state index in [1.54, 1.807) is 18.3 Å². The number of aromatic nitrogens is 1. The average molecular weight is 240 g/mol. The number of nitrogens with zero attached hydrogens (tertiary/aromatic N) is 2. The van der Waals surface area contributed by atoms with Crippen molar-refractivity contribution >= 4 is 16.5 Å². The Morgan fingerprint density at radius 3 is 2.94 bits per heavy atom. The smallest absolute Gasteiger partial charge is 0.186 e. The van der Waals surface area contributed by atoms with Crippen molar-refractivity contribution in [2.45, 2.75) is 58.2 Å². The predicted octanol–water partition coefficient (Wildman–Crippen LogP) is 2.96. The topological polar surface area (TPSA) is 36.4 Å². The van der Waals surface area contributed by atoms with Gasteiger partial charge in [0.2, 0.25) is 0 Å². The molecule has 0 radical (unpaired) electrons. The lowest BCUT2D eigenvalue weighted by atomic mass is 10.2. The summed E-state index contributed by atoms with van der Waals surface area (Å²) in [6.07, 6.45) is 5.10. The van der Waals surface area contributed by atoms with Crippen LogP contribution in [0.3, 0.4) is 0 Å². The van der Waals surface area contributed by atoms with Gasteiger partial charge in [-0.15, -0.1) is 0 Å². The number of hydrogen-bond acceptors (Lipinski definition) is 4. The van der Waals surface area contributed by atoms with Gasteiger partial charge in [-0.05, 0) is 33.1 Å². The summed E-state index contributed by atoms with van der Waals surface area (Å²) in [6.45, 7) is 6.29. The molecule has 1 aliphatic heterocycles. The highest BCUT2D eigenvalue weighted by atomic mass is 32.1. The zero-order valence-corrected chi connectivity index (χ0v) is 11.0. The van der Waals surface area contributed by atoms with Gasteiger partial charge in [0, 0.05) is 18.3 Å². The molecule has 3 unspecified atom stereocenters. The Morgan fingerprint density at radius 1 is 1.62 bits per heavy atom. The molecule has 0 bridgehead atoms. The van der Waals surface area contributed by atoms with E-state index < -0.39 is 6.10 Å². The van der Waals surface area contributed by atoms with Crippen LogP contribution in [-0.4, -0.2) is 22.2 Å². The van der Waals surface area contributed by atoms with Crippen LogP contribution in [0.1, 0.15) is 51.0 Å². The monoisotopic (exact) mass is 240 g/mol. The number of anilines is 1. The van der Waals surface area contributed by atoms with Gasteiger partial charge < -0.3 is 10.0 Å². The van der Waals surface area contributed by atoms with Crippen molar-refractivity contribution < 1.29 is 5.11 Å². The minimum Gasteiger partial charge on any atom is -0.388 e. The predicted molar refractivity (Wildman–Crippen MR) is 68.0 cm³/mol. The molecule has 3 nitrogen and oxygen atoms in total. The summed E-state index contributed by atoms with van der Waals surface area (Å²) in [4.78, 5) is 7.84. The van der Waals surface area contributed by atoms with E-state index in [-0.39, 0.29) is 0 Å². The van der Waals surface area contributed by atoms with Crippen molar-refractivity contribution in [3.8, 4) is 0 Å². The summed E-state index contributed by atoms with van der Waals surface area (Å²) in [6, 6.07) is 1.21. The van der Waals surface area contributed by atoms with Gasteiger partial charge in [0.15, 0.2) is 5.13 Å². The highest BCUT2D eigenvalue weighted by Crippen LogP contribution is 2.35. The largest absolute Gasteiger partial charge is 0.388 e. The Balaban J connectivity index is 2.21. The first-order valence-corrected chi connectivity index (χ1v) is 6.87. The maximum atomic E-state index is 9.52.